The molecule has 0 aliphatic carbocycles. The first-order chi connectivity index (χ1) is 12.9. The molecule has 1 amide bonds. The monoisotopic (exact) mass is 386 g/mol. The Morgan fingerprint density at radius 3 is 2.85 bits per heavy atom. The molecule has 0 radical (unpaired) electrons. The van der Waals surface area contributed by atoms with Gasteiger partial charge in [-0.2, -0.15) is 10.2 Å². The number of hydrogen-bond donors (Lipinski definition) is 2. The molecule has 27 heavy (non-hydrogen) atoms. The highest BCUT2D eigenvalue weighted by molar-refractivity contribution is 7.99. The van der Waals surface area contributed by atoms with Crippen molar-refractivity contribution in [2.24, 2.45) is 19.2 Å². The molecule has 2 N–H and O–H groups in total. The number of hydrogen-bond acceptors (Lipinski definition) is 6. The van der Waals surface area contributed by atoms with Gasteiger partial charge in [-0.15, -0.1) is 0 Å². The Labute approximate surface area is 158 Å². The Morgan fingerprint density at radius 1 is 1.33 bits per heavy atom. The number of fused-ring (bicyclic) bond motifs is 1. The van der Waals surface area contributed by atoms with E-state index < -0.39 is 11.2 Å². The molecule has 0 bridgehead atoms. The molecule has 3 rings (SSSR count). The van der Waals surface area contributed by atoms with Gasteiger partial charge in [-0.1, -0.05) is 30.0 Å². The van der Waals surface area contributed by atoms with Gasteiger partial charge in [0.15, 0.2) is 5.03 Å². The molecular formula is C17H18N6O3S. The van der Waals surface area contributed by atoms with Crippen molar-refractivity contribution < 1.29 is 4.79 Å². The summed E-state index contributed by atoms with van der Waals surface area (Å²) in [6.07, 6.45) is 1.58. The van der Waals surface area contributed by atoms with Crippen molar-refractivity contribution >= 4 is 34.8 Å². The summed E-state index contributed by atoms with van der Waals surface area (Å²) in [6, 6.07) is 7.81. The topological polar surface area (TPSA) is 114 Å². The minimum absolute atomic E-state index is 0.0509. The second kappa shape index (κ2) is 7.62. The highest BCUT2D eigenvalue weighted by atomic mass is 32.2. The number of nitrogens with one attached hydrogen (secondary N) is 2. The van der Waals surface area contributed by atoms with Gasteiger partial charge in [0, 0.05) is 36.3 Å². The lowest BCUT2D eigenvalue weighted by molar-refractivity contribution is -0.118. The molecule has 0 atom stereocenters. The summed E-state index contributed by atoms with van der Waals surface area (Å²) < 4.78 is 2.00. The van der Waals surface area contributed by atoms with Crippen molar-refractivity contribution in [1.29, 1.82) is 0 Å². The number of aromatic nitrogens is 4. The van der Waals surface area contributed by atoms with Gasteiger partial charge in [-0.25, -0.2) is 14.9 Å². The molecule has 0 aliphatic heterocycles. The molecule has 3 aromatic rings. The SMILES string of the molecule is Cc1[nH]c2ccccc2c1/C=N/NC(=O)CSc1nn(C)c(=O)n(C)c1=O. The Hall–Kier alpha value is -3.14. The van der Waals surface area contributed by atoms with Crippen LogP contribution in [0, 0.1) is 6.92 Å². The standard InChI is InChI=1S/C17H18N6O3S/c1-10-12(11-6-4-5-7-13(11)19-10)8-18-20-14(24)9-27-15-16(25)22(2)17(26)23(3)21-15/h4-8,19H,9H2,1-3H3,(H,20,24)/b18-8+. The van der Waals surface area contributed by atoms with Crippen LogP contribution in [-0.4, -0.2) is 37.2 Å². The first-order valence-electron chi connectivity index (χ1n) is 8.05. The Bertz CT molecular complexity index is 1160. The van der Waals surface area contributed by atoms with E-state index in [1.807, 2.05) is 31.2 Å². The minimum Gasteiger partial charge on any atom is -0.358 e. The Kier molecular flexibility index (Phi) is 5.26. The van der Waals surface area contributed by atoms with Crippen LogP contribution in [0.3, 0.4) is 0 Å². The summed E-state index contributed by atoms with van der Waals surface area (Å²) in [4.78, 5) is 38.8. The van der Waals surface area contributed by atoms with E-state index in [1.165, 1.54) is 14.1 Å². The third kappa shape index (κ3) is 3.85. The molecule has 0 saturated heterocycles. The highest BCUT2D eigenvalue weighted by Crippen LogP contribution is 2.19. The van der Waals surface area contributed by atoms with E-state index in [-0.39, 0.29) is 16.7 Å². The quantitative estimate of drug-likeness (QED) is 0.377. The molecule has 1 aromatic carbocycles. The van der Waals surface area contributed by atoms with Gasteiger partial charge in [0.25, 0.3) is 5.56 Å². The fraction of sp³-hybridized carbons (Fsp3) is 0.235. The van der Waals surface area contributed by atoms with Crippen LogP contribution in [0.2, 0.25) is 0 Å². The van der Waals surface area contributed by atoms with Crippen LogP contribution in [0.1, 0.15) is 11.3 Å². The average molecular weight is 386 g/mol. The number of carbonyl (C=O) groups excluding carboxylic acids is 1. The number of hydrazone groups is 1. The second-order valence-corrected chi connectivity index (χ2v) is 6.83. The maximum Gasteiger partial charge on any atom is 0.346 e. The van der Waals surface area contributed by atoms with Crippen LogP contribution >= 0.6 is 11.8 Å². The zero-order valence-corrected chi connectivity index (χ0v) is 15.8. The van der Waals surface area contributed by atoms with Gasteiger partial charge in [0.1, 0.15) is 0 Å². The molecule has 10 heteroatoms. The molecule has 2 heterocycles. The number of amides is 1. The Morgan fingerprint density at radius 2 is 2.07 bits per heavy atom. The number of para-hydroxylation sites is 1. The Balaban J connectivity index is 1.65. The maximum absolute atomic E-state index is 12.0. The maximum atomic E-state index is 12.0. The summed E-state index contributed by atoms with van der Waals surface area (Å²) in [7, 11) is 2.81. The number of aryl methyl sites for hydroxylation is 2. The van der Waals surface area contributed by atoms with Crippen molar-refractivity contribution in [3.05, 3.63) is 56.4 Å². The van der Waals surface area contributed by atoms with E-state index in [4.69, 9.17) is 0 Å². The van der Waals surface area contributed by atoms with Crippen LogP contribution in [0.15, 0.2) is 44.0 Å². The van der Waals surface area contributed by atoms with Crippen molar-refractivity contribution in [2.75, 3.05) is 5.75 Å². The zero-order valence-electron chi connectivity index (χ0n) is 15.0. The minimum atomic E-state index is -0.534. The van der Waals surface area contributed by atoms with Crippen LogP contribution in [-0.2, 0) is 18.9 Å². The first-order valence-corrected chi connectivity index (χ1v) is 9.03. The average Bonchev–Trinajstić information content (AvgIpc) is 2.97. The predicted octanol–water partition coefficient (Wildman–Crippen LogP) is 0.511. The van der Waals surface area contributed by atoms with E-state index in [2.05, 4.69) is 20.6 Å². The van der Waals surface area contributed by atoms with Gasteiger partial charge >= 0.3 is 5.69 Å². The largest absolute Gasteiger partial charge is 0.358 e. The van der Waals surface area contributed by atoms with Gasteiger partial charge in [-0.05, 0) is 13.0 Å². The summed E-state index contributed by atoms with van der Waals surface area (Å²) >= 11 is 0.950. The van der Waals surface area contributed by atoms with Gasteiger partial charge < -0.3 is 4.98 Å². The third-order valence-corrected chi connectivity index (χ3v) is 4.89. The van der Waals surface area contributed by atoms with E-state index in [0.717, 1.165) is 43.2 Å². The van der Waals surface area contributed by atoms with E-state index in [0.29, 0.717) is 0 Å². The van der Waals surface area contributed by atoms with Crippen LogP contribution in [0.25, 0.3) is 10.9 Å². The van der Waals surface area contributed by atoms with Crippen molar-refractivity contribution in [1.82, 2.24) is 24.8 Å². The fourth-order valence-corrected chi connectivity index (χ4v) is 3.33. The van der Waals surface area contributed by atoms with Crippen LogP contribution in [0.5, 0.6) is 0 Å². The molecule has 0 spiro atoms. The summed E-state index contributed by atoms with van der Waals surface area (Å²) in [5.74, 6) is -0.434. The van der Waals surface area contributed by atoms with Crippen molar-refractivity contribution in [3.63, 3.8) is 0 Å². The van der Waals surface area contributed by atoms with Crippen LogP contribution in [0.4, 0.5) is 0 Å². The van der Waals surface area contributed by atoms with Gasteiger partial charge in [-0.3, -0.25) is 14.2 Å². The summed E-state index contributed by atoms with van der Waals surface area (Å²) in [5, 5.41) is 8.96. The van der Waals surface area contributed by atoms with Crippen molar-refractivity contribution in [2.45, 2.75) is 11.9 Å². The number of benzene rings is 1. The zero-order chi connectivity index (χ0) is 19.6. The second-order valence-electron chi connectivity index (χ2n) is 5.87. The number of nitrogens with zero attached hydrogens (tertiary/aromatic N) is 4. The van der Waals surface area contributed by atoms with E-state index in [9.17, 15) is 14.4 Å². The summed E-state index contributed by atoms with van der Waals surface area (Å²) in [5.41, 5.74) is 4.22. The molecule has 0 aliphatic rings. The molecule has 0 fully saturated rings. The number of H-pyrrole nitrogens is 1. The first kappa shape index (κ1) is 18.6. The lowest BCUT2D eigenvalue weighted by Crippen LogP contribution is -2.39. The highest BCUT2D eigenvalue weighted by Gasteiger charge is 2.11. The van der Waals surface area contributed by atoms with E-state index >= 15 is 0 Å². The molecule has 2 aromatic heterocycles. The molecule has 0 unspecified atom stereocenters. The van der Waals surface area contributed by atoms with Gasteiger partial charge in [0.2, 0.25) is 5.91 Å². The molecule has 9 nitrogen and oxygen atoms in total. The fourth-order valence-electron chi connectivity index (χ4n) is 2.56. The number of thioether (sulfide) groups is 1. The van der Waals surface area contributed by atoms with E-state index in [1.54, 1.807) is 6.21 Å². The third-order valence-electron chi connectivity index (χ3n) is 3.96. The number of rotatable bonds is 5. The van der Waals surface area contributed by atoms with Crippen LogP contribution < -0.4 is 16.7 Å². The van der Waals surface area contributed by atoms with Crippen molar-refractivity contribution in [3.8, 4) is 0 Å². The molecular weight excluding hydrogens is 368 g/mol. The number of carbonyl (C=O) groups is 1. The lowest BCUT2D eigenvalue weighted by atomic mass is 10.1. The normalized spacial score (nSPS) is 11.4. The predicted molar refractivity (Wildman–Crippen MR) is 104 cm³/mol. The van der Waals surface area contributed by atoms with Gasteiger partial charge in [0.05, 0.1) is 12.0 Å². The lowest BCUT2D eigenvalue weighted by Gasteiger charge is -2.04. The smallest absolute Gasteiger partial charge is 0.346 e. The molecule has 0 saturated carbocycles. The number of aromatic amines is 1. The summed E-state index contributed by atoms with van der Waals surface area (Å²) in [6.45, 7) is 1.93. The molecule has 140 valence electrons.